The van der Waals surface area contributed by atoms with E-state index in [4.69, 9.17) is 14.4 Å². The number of anilines is 3. The van der Waals surface area contributed by atoms with Gasteiger partial charge >= 0.3 is 0 Å². The van der Waals surface area contributed by atoms with Gasteiger partial charge in [0.05, 0.1) is 33.0 Å². The van der Waals surface area contributed by atoms with Crippen molar-refractivity contribution in [1.29, 1.82) is 0 Å². The number of thiophene rings is 1. The summed E-state index contributed by atoms with van der Waals surface area (Å²) >= 11 is 1.75. The van der Waals surface area contributed by atoms with E-state index in [1.807, 2.05) is 18.2 Å². The Hall–Kier alpha value is -6.82. The Bertz CT molecular complexity index is 3320. The molecule has 3 aromatic heterocycles. The molecule has 5 heteroatoms. The van der Waals surface area contributed by atoms with E-state index in [-0.39, 0.29) is 0 Å². The third-order valence-corrected chi connectivity index (χ3v) is 12.0. The van der Waals surface area contributed by atoms with Crippen LogP contribution in [0, 0.1) is 0 Å². The average molecular weight is 694 g/mol. The van der Waals surface area contributed by atoms with Crippen molar-refractivity contribution in [3.8, 4) is 33.8 Å². The molecule has 4 heterocycles. The Morgan fingerprint density at radius 3 is 2.04 bits per heavy atom. The number of nitrogens with zero attached hydrogens (tertiary/aromatic N) is 3. The number of benzene rings is 8. The fraction of sp³-hybridized carbons (Fsp3) is 0. The minimum absolute atomic E-state index is 0.704. The van der Waals surface area contributed by atoms with Gasteiger partial charge in [0.1, 0.15) is 11.2 Å². The number of hydrogen-bond acceptors (Lipinski definition) is 5. The number of aromatic nitrogens is 2. The van der Waals surface area contributed by atoms with Gasteiger partial charge in [0.25, 0.3) is 0 Å². The number of para-hydroxylation sites is 2. The van der Waals surface area contributed by atoms with Gasteiger partial charge in [-0.05, 0) is 52.7 Å². The van der Waals surface area contributed by atoms with Crippen molar-refractivity contribution in [3.63, 3.8) is 0 Å². The summed E-state index contributed by atoms with van der Waals surface area (Å²) in [4.78, 5) is 13.3. The van der Waals surface area contributed by atoms with Gasteiger partial charge in [-0.25, -0.2) is 9.97 Å². The van der Waals surface area contributed by atoms with Crippen LogP contribution < -0.4 is 4.90 Å². The van der Waals surface area contributed by atoms with Crippen molar-refractivity contribution >= 4 is 92.2 Å². The molecule has 1 aliphatic rings. The monoisotopic (exact) mass is 693 g/mol. The maximum absolute atomic E-state index is 6.35. The standard InChI is InChI=1S/C48H27N3OS/c1-4-22-37-31(14-1)32-19-7-12-28-13-8-24-39(43(28)32)51(37)38-23-10-17-29-30(38)18-9-20-33(29)48-49-45-35-16-3-6-27-42(35)53-47(45)46(50-48)36-21-11-26-41-44(36)34-15-2-5-25-40(34)52-41/h1-27H. The molecule has 0 amide bonds. The molecule has 4 nitrogen and oxygen atoms in total. The molecule has 1 aliphatic heterocycles. The molecule has 53 heavy (non-hydrogen) atoms. The van der Waals surface area contributed by atoms with Crippen LogP contribution in [-0.4, -0.2) is 9.97 Å². The molecular weight excluding hydrogens is 667 g/mol. The van der Waals surface area contributed by atoms with Crippen molar-refractivity contribution in [2.75, 3.05) is 4.90 Å². The first-order valence-corrected chi connectivity index (χ1v) is 18.7. The van der Waals surface area contributed by atoms with E-state index in [9.17, 15) is 0 Å². The largest absolute Gasteiger partial charge is 0.456 e. The smallest absolute Gasteiger partial charge is 0.161 e. The summed E-state index contributed by atoms with van der Waals surface area (Å²) in [6, 6.07) is 58.3. The zero-order valence-electron chi connectivity index (χ0n) is 28.2. The van der Waals surface area contributed by atoms with E-state index in [0.29, 0.717) is 5.82 Å². The Labute approximate surface area is 307 Å². The lowest BCUT2D eigenvalue weighted by atomic mass is 9.90. The molecule has 0 radical (unpaired) electrons. The SMILES string of the molecule is c1ccc2c(c1)-c1cccc3cccc(c13)N2c1cccc2c(-c3nc(-c4cccc5oc6ccccc6c45)c4sc5ccccc5c4n3)cccc12. The van der Waals surface area contributed by atoms with Crippen LogP contribution in [0.4, 0.5) is 17.1 Å². The summed E-state index contributed by atoms with van der Waals surface area (Å²) in [7, 11) is 0. The number of fused-ring (bicyclic) bond motifs is 9. The highest BCUT2D eigenvalue weighted by Gasteiger charge is 2.27. The number of furan rings is 1. The normalized spacial score (nSPS) is 12.5. The molecule has 11 aromatic rings. The van der Waals surface area contributed by atoms with Crippen molar-refractivity contribution < 1.29 is 4.42 Å². The Balaban J connectivity index is 1.14. The zero-order chi connectivity index (χ0) is 34.6. The first-order valence-electron chi connectivity index (χ1n) is 17.8. The van der Waals surface area contributed by atoms with Gasteiger partial charge in [-0.1, -0.05) is 127 Å². The predicted octanol–water partition coefficient (Wildman–Crippen LogP) is 13.8. The third kappa shape index (κ3) is 4.05. The van der Waals surface area contributed by atoms with Crippen LogP contribution in [-0.2, 0) is 0 Å². The highest BCUT2D eigenvalue weighted by atomic mass is 32.1. The van der Waals surface area contributed by atoms with E-state index in [1.165, 1.54) is 38.0 Å². The van der Waals surface area contributed by atoms with E-state index < -0.39 is 0 Å². The molecular formula is C48H27N3OS. The summed E-state index contributed by atoms with van der Waals surface area (Å²) in [5, 5.41) is 8.04. The molecule has 12 rings (SSSR count). The van der Waals surface area contributed by atoms with Crippen LogP contribution in [0.15, 0.2) is 168 Å². The molecule has 0 saturated carbocycles. The van der Waals surface area contributed by atoms with Gasteiger partial charge in [-0.2, -0.15) is 0 Å². The van der Waals surface area contributed by atoms with Crippen LogP contribution >= 0.6 is 11.3 Å². The van der Waals surface area contributed by atoms with Crippen LogP contribution in [0.1, 0.15) is 0 Å². The summed E-state index contributed by atoms with van der Waals surface area (Å²) in [6.07, 6.45) is 0. The molecule has 0 atom stereocenters. The summed E-state index contributed by atoms with van der Waals surface area (Å²) < 4.78 is 8.62. The van der Waals surface area contributed by atoms with E-state index in [0.717, 1.165) is 70.8 Å². The number of rotatable bonds is 3. The topological polar surface area (TPSA) is 42.2 Å². The Morgan fingerprint density at radius 2 is 1.08 bits per heavy atom. The molecule has 246 valence electrons. The second kappa shape index (κ2) is 10.8. The average Bonchev–Trinajstić information content (AvgIpc) is 3.79. The van der Waals surface area contributed by atoms with Crippen LogP contribution in [0.2, 0.25) is 0 Å². The first kappa shape index (κ1) is 28.8. The second-order valence-electron chi connectivity index (χ2n) is 13.7. The Morgan fingerprint density at radius 1 is 0.434 bits per heavy atom. The van der Waals surface area contributed by atoms with Gasteiger partial charge in [-0.15, -0.1) is 11.3 Å². The minimum Gasteiger partial charge on any atom is -0.456 e. The molecule has 0 spiro atoms. The second-order valence-corrected chi connectivity index (χ2v) is 14.7. The highest BCUT2D eigenvalue weighted by molar-refractivity contribution is 7.26. The molecule has 0 aliphatic carbocycles. The molecule has 0 N–H and O–H groups in total. The van der Waals surface area contributed by atoms with Gasteiger partial charge in [0.2, 0.25) is 0 Å². The summed E-state index contributed by atoms with van der Waals surface area (Å²) in [5.41, 5.74) is 11.6. The molecule has 8 aromatic carbocycles. The van der Waals surface area contributed by atoms with Gasteiger partial charge in [-0.3, -0.25) is 0 Å². The van der Waals surface area contributed by atoms with E-state index in [1.54, 1.807) is 11.3 Å². The van der Waals surface area contributed by atoms with E-state index >= 15 is 0 Å². The lowest BCUT2D eigenvalue weighted by Crippen LogP contribution is -2.15. The van der Waals surface area contributed by atoms with Gasteiger partial charge in [0.15, 0.2) is 5.82 Å². The maximum atomic E-state index is 6.35. The lowest BCUT2D eigenvalue weighted by molar-refractivity contribution is 0.669. The van der Waals surface area contributed by atoms with Crippen LogP contribution in [0.5, 0.6) is 0 Å². The zero-order valence-corrected chi connectivity index (χ0v) is 29.1. The van der Waals surface area contributed by atoms with Crippen molar-refractivity contribution in [1.82, 2.24) is 9.97 Å². The fourth-order valence-corrected chi connectivity index (χ4v) is 9.71. The third-order valence-electron chi connectivity index (χ3n) is 10.8. The molecule has 0 saturated heterocycles. The van der Waals surface area contributed by atoms with E-state index in [2.05, 4.69) is 150 Å². The first-order chi connectivity index (χ1) is 26.3. The van der Waals surface area contributed by atoms with Gasteiger partial charge in [0, 0.05) is 48.3 Å². The molecule has 0 bridgehead atoms. The summed E-state index contributed by atoms with van der Waals surface area (Å²) in [5.74, 6) is 0.704. The number of hydrogen-bond donors (Lipinski definition) is 0. The predicted molar refractivity (Wildman–Crippen MR) is 222 cm³/mol. The van der Waals surface area contributed by atoms with Crippen LogP contribution in [0.25, 0.3) is 97.6 Å². The minimum atomic E-state index is 0.704. The maximum Gasteiger partial charge on any atom is 0.161 e. The van der Waals surface area contributed by atoms with Gasteiger partial charge < -0.3 is 9.32 Å². The summed E-state index contributed by atoms with van der Waals surface area (Å²) in [6.45, 7) is 0. The molecule has 0 fully saturated rings. The lowest BCUT2D eigenvalue weighted by Gasteiger charge is -2.34. The Kier molecular flexibility index (Phi) is 5.90. The van der Waals surface area contributed by atoms with Crippen LogP contribution in [0.3, 0.4) is 0 Å². The van der Waals surface area contributed by atoms with Crippen molar-refractivity contribution in [3.05, 3.63) is 164 Å². The fourth-order valence-electron chi connectivity index (χ4n) is 8.57. The highest BCUT2D eigenvalue weighted by Crippen LogP contribution is 2.52. The van der Waals surface area contributed by atoms with Crippen molar-refractivity contribution in [2.45, 2.75) is 0 Å². The molecule has 0 unspecified atom stereocenters. The van der Waals surface area contributed by atoms with Crippen molar-refractivity contribution in [2.24, 2.45) is 0 Å². The quantitative estimate of drug-likeness (QED) is 0.185.